The summed E-state index contributed by atoms with van der Waals surface area (Å²) < 4.78 is 7.67. The van der Waals surface area contributed by atoms with Gasteiger partial charge in [-0.25, -0.2) is 0 Å². The number of rotatable bonds is 3. The van der Waals surface area contributed by atoms with Crippen molar-refractivity contribution in [3.8, 4) is 5.75 Å². The molecule has 0 atom stereocenters. The van der Waals surface area contributed by atoms with Crippen molar-refractivity contribution in [1.29, 1.82) is 0 Å². The molecule has 1 N–H and O–H groups in total. The number of fused-ring (bicyclic) bond motifs is 2. The number of hydrogen-bond acceptors (Lipinski definition) is 4. The SMILES string of the molecule is O=C(NCc1nnc2n1CCC2)C1=Cc2cc(Cl)ccc2OC1. The van der Waals surface area contributed by atoms with Crippen LogP contribution in [0.5, 0.6) is 5.75 Å². The lowest BCUT2D eigenvalue weighted by Crippen LogP contribution is -2.29. The molecule has 0 fully saturated rings. The Morgan fingerprint density at radius 2 is 2.30 bits per heavy atom. The highest BCUT2D eigenvalue weighted by atomic mass is 35.5. The van der Waals surface area contributed by atoms with Crippen LogP contribution in [0.15, 0.2) is 23.8 Å². The van der Waals surface area contributed by atoms with E-state index in [1.807, 2.05) is 12.1 Å². The maximum atomic E-state index is 12.3. The summed E-state index contributed by atoms with van der Waals surface area (Å²) in [6.07, 6.45) is 3.86. The molecule has 118 valence electrons. The molecule has 0 unspecified atom stereocenters. The van der Waals surface area contributed by atoms with Crippen LogP contribution in [0.3, 0.4) is 0 Å². The monoisotopic (exact) mass is 330 g/mol. The molecule has 23 heavy (non-hydrogen) atoms. The molecule has 0 radical (unpaired) electrons. The van der Waals surface area contributed by atoms with E-state index in [9.17, 15) is 4.79 Å². The number of halogens is 1. The number of nitrogens with one attached hydrogen (secondary N) is 1. The third-order valence-electron chi connectivity index (χ3n) is 4.07. The van der Waals surface area contributed by atoms with Crippen molar-refractivity contribution in [2.75, 3.05) is 6.61 Å². The predicted molar refractivity (Wildman–Crippen MR) is 85.1 cm³/mol. The summed E-state index contributed by atoms with van der Waals surface area (Å²) in [6, 6.07) is 5.36. The van der Waals surface area contributed by atoms with Crippen molar-refractivity contribution in [3.05, 3.63) is 46.0 Å². The van der Waals surface area contributed by atoms with Gasteiger partial charge in [0.05, 0.1) is 12.1 Å². The minimum absolute atomic E-state index is 0.161. The molecule has 0 bridgehead atoms. The number of carbonyl (C=O) groups excluding carboxylic acids is 1. The number of amides is 1. The van der Waals surface area contributed by atoms with Crippen LogP contribution in [0.1, 0.15) is 23.6 Å². The van der Waals surface area contributed by atoms with Crippen LogP contribution in [-0.2, 0) is 24.3 Å². The van der Waals surface area contributed by atoms with Gasteiger partial charge in [0, 0.05) is 23.6 Å². The van der Waals surface area contributed by atoms with E-state index in [-0.39, 0.29) is 12.5 Å². The Balaban J connectivity index is 1.47. The highest BCUT2D eigenvalue weighted by Crippen LogP contribution is 2.29. The predicted octanol–water partition coefficient (Wildman–Crippen LogP) is 1.97. The van der Waals surface area contributed by atoms with Crippen molar-refractivity contribution in [2.24, 2.45) is 0 Å². The third kappa shape index (κ3) is 2.70. The number of aromatic nitrogens is 3. The van der Waals surface area contributed by atoms with Crippen LogP contribution in [-0.4, -0.2) is 27.3 Å². The van der Waals surface area contributed by atoms with Gasteiger partial charge in [-0.3, -0.25) is 4.79 Å². The van der Waals surface area contributed by atoms with E-state index in [1.54, 1.807) is 12.1 Å². The number of nitrogens with zero attached hydrogens (tertiary/aromatic N) is 3. The van der Waals surface area contributed by atoms with Crippen LogP contribution >= 0.6 is 11.6 Å². The molecule has 4 rings (SSSR count). The summed E-state index contributed by atoms with van der Waals surface area (Å²) in [7, 11) is 0. The second kappa shape index (κ2) is 5.70. The molecule has 2 aliphatic heterocycles. The second-order valence-electron chi connectivity index (χ2n) is 5.61. The number of hydrogen-bond donors (Lipinski definition) is 1. The van der Waals surface area contributed by atoms with E-state index in [0.29, 0.717) is 17.1 Å². The van der Waals surface area contributed by atoms with Gasteiger partial charge in [0.2, 0.25) is 0 Å². The maximum Gasteiger partial charge on any atom is 0.251 e. The van der Waals surface area contributed by atoms with Gasteiger partial charge in [-0.05, 0) is 30.7 Å². The van der Waals surface area contributed by atoms with Crippen LogP contribution in [0.25, 0.3) is 6.08 Å². The zero-order chi connectivity index (χ0) is 15.8. The standard InChI is InChI=1S/C16H15ClN4O2/c17-12-3-4-13-10(7-12)6-11(9-23-13)16(22)18-8-15-20-19-14-2-1-5-21(14)15/h3-4,6-7H,1-2,5,8-9H2,(H,18,22). The van der Waals surface area contributed by atoms with Crippen LogP contribution in [0, 0.1) is 0 Å². The molecule has 0 saturated heterocycles. The van der Waals surface area contributed by atoms with Gasteiger partial charge >= 0.3 is 0 Å². The van der Waals surface area contributed by atoms with Crippen LogP contribution < -0.4 is 10.1 Å². The summed E-state index contributed by atoms with van der Waals surface area (Å²) >= 11 is 5.98. The summed E-state index contributed by atoms with van der Waals surface area (Å²) in [5.74, 6) is 2.37. The Morgan fingerprint density at radius 3 is 3.22 bits per heavy atom. The van der Waals surface area contributed by atoms with Crippen molar-refractivity contribution in [1.82, 2.24) is 20.1 Å². The van der Waals surface area contributed by atoms with Gasteiger partial charge in [0.1, 0.15) is 18.2 Å². The molecule has 1 amide bonds. The average Bonchev–Trinajstić information content (AvgIpc) is 3.15. The molecule has 2 aliphatic rings. The fourth-order valence-electron chi connectivity index (χ4n) is 2.89. The van der Waals surface area contributed by atoms with Gasteiger partial charge in [0.15, 0.2) is 5.82 Å². The van der Waals surface area contributed by atoms with E-state index >= 15 is 0 Å². The highest BCUT2D eigenvalue weighted by molar-refractivity contribution is 6.30. The largest absolute Gasteiger partial charge is 0.488 e. The lowest BCUT2D eigenvalue weighted by molar-refractivity contribution is -0.118. The first-order valence-electron chi connectivity index (χ1n) is 7.53. The Hall–Kier alpha value is -2.34. The molecule has 6 nitrogen and oxygen atoms in total. The van der Waals surface area contributed by atoms with Gasteiger partial charge in [-0.2, -0.15) is 0 Å². The van der Waals surface area contributed by atoms with Gasteiger partial charge in [0.25, 0.3) is 5.91 Å². The van der Waals surface area contributed by atoms with E-state index in [2.05, 4.69) is 20.1 Å². The number of benzene rings is 1. The van der Waals surface area contributed by atoms with Crippen LogP contribution in [0.4, 0.5) is 0 Å². The molecule has 2 aromatic rings. The first-order valence-corrected chi connectivity index (χ1v) is 7.90. The van der Waals surface area contributed by atoms with Gasteiger partial charge < -0.3 is 14.6 Å². The van der Waals surface area contributed by atoms with E-state index < -0.39 is 0 Å². The fraction of sp³-hybridized carbons (Fsp3) is 0.312. The lowest BCUT2D eigenvalue weighted by Gasteiger charge is -2.17. The molecule has 1 aromatic heterocycles. The highest BCUT2D eigenvalue weighted by Gasteiger charge is 2.20. The molecule has 0 spiro atoms. The normalized spacial score (nSPS) is 15.4. The maximum absolute atomic E-state index is 12.3. The zero-order valence-electron chi connectivity index (χ0n) is 12.4. The number of aryl methyl sites for hydroxylation is 1. The molecule has 7 heteroatoms. The topological polar surface area (TPSA) is 69.0 Å². The van der Waals surface area contributed by atoms with Gasteiger partial charge in [-0.15, -0.1) is 10.2 Å². The lowest BCUT2D eigenvalue weighted by atomic mass is 10.1. The quantitative estimate of drug-likeness (QED) is 0.934. The number of carbonyl (C=O) groups is 1. The Labute approximate surface area is 138 Å². The summed E-state index contributed by atoms with van der Waals surface area (Å²) in [5.41, 5.74) is 1.39. The van der Waals surface area contributed by atoms with Crippen LogP contribution in [0.2, 0.25) is 5.02 Å². The van der Waals surface area contributed by atoms with Gasteiger partial charge in [-0.1, -0.05) is 11.6 Å². The Morgan fingerprint density at radius 1 is 1.39 bits per heavy atom. The number of ether oxygens (including phenoxy) is 1. The Kier molecular flexibility index (Phi) is 3.53. The summed E-state index contributed by atoms with van der Waals surface area (Å²) in [6.45, 7) is 1.54. The zero-order valence-corrected chi connectivity index (χ0v) is 13.1. The molecule has 1 aromatic carbocycles. The minimum Gasteiger partial charge on any atom is -0.488 e. The summed E-state index contributed by atoms with van der Waals surface area (Å²) in [5, 5.41) is 11.8. The Bertz CT molecular complexity index is 812. The molecule has 0 saturated carbocycles. The minimum atomic E-state index is -0.161. The van der Waals surface area contributed by atoms with E-state index in [1.165, 1.54) is 0 Å². The summed E-state index contributed by atoms with van der Waals surface area (Å²) in [4.78, 5) is 12.3. The molecule has 3 heterocycles. The van der Waals surface area contributed by atoms with Crippen molar-refractivity contribution in [2.45, 2.75) is 25.9 Å². The van der Waals surface area contributed by atoms with E-state index in [0.717, 1.165) is 42.3 Å². The second-order valence-corrected chi connectivity index (χ2v) is 6.05. The average molecular weight is 331 g/mol. The first kappa shape index (κ1) is 14.3. The molecule has 0 aliphatic carbocycles. The van der Waals surface area contributed by atoms with Crippen molar-refractivity contribution < 1.29 is 9.53 Å². The fourth-order valence-corrected chi connectivity index (χ4v) is 3.07. The van der Waals surface area contributed by atoms with Crippen molar-refractivity contribution >= 4 is 23.6 Å². The third-order valence-corrected chi connectivity index (χ3v) is 4.30. The first-order chi connectivity index (χ1) is 11.2. The van der Waals surface area contributed by atoms with E-state index in [4.69, 9.17) is 16.3 Å². The molecular formula is C16H15ClN4O2. The smallest absolute Gasteiger partial charge is 0.251 e. The molecular weight excluding hydrogens is 316 g/mol. The van der Waals surface area contributed by atoms with Crippen molar-refractivity contribution in [3.63, 3.8) is 0 Å².